The van der Waals surface area contributed by atoms with Gasteiger partial charge in [0.2, 0.25) is 0 Å². The fourth-order valence-electron chi connectivity index (χ4n) is 1.86. The van der Waals surface area contributed by atoms with Gasteiger partial charge in [-0.05, 0) is 44.6 Å². The summed E-state index contributed by atoms with van der Waals surface area (Å²) in [5.41, 5.74) is 1.34. The highest BCUT2D eigenvalue weighted by Gasteiger charge is 2.00. The van der Waals surface area contributed by atoms with Crippen molar-refractivity contribution in [3.8, 4) is 0 Å². The number of benzene rings is 1. The molecule has 19 heavy (non-hydrogen) atoms. The van der Waals surface area contributed by atoms with Crippen LogP contribution in [0.15, 0.2) is 28.7 Å². The van der Waals surface area contributed by atoms with E-state index in [0.29, 0.717) is 0 Å². The highest BCUT2D eigenvalue weighted by molar-refractivity contribution is 9.10. The molecule has 3 nitrogen and oxygen atoms in total. The van der Waals surface area contributed by atoms with Gasteiger partial charge in [-0.25, -0.2) is 0 Å². The standard InChI is InChI=1S/C15H25BrN2O/c1-3-19-11-5-8-17-9-10-18(2)13-14-6-4-7-15(16)12-14/h4,6-7,12,17H,3,5,8-11,13H2,1-2H3. The molecule has 0 saturated heterocycles. The van der Waals surface area contributed by atoms with Crippen LogP contribution >= 0.6 is 15.9 Å². The Kier molecular flexibility index (Phi) is 9.08. The SMILES string of the molecule is CCOCCCNCCN(C)Cc1cccc(Br)c1. The van der Waals surface area contributed by atoms with Crippen LogP contribution in [0.1, 0.15) is 18.9 Å². The van der Waals surface area contributed by atoms with E-state index in [0.717, 1.165) is 50.3 Å². The topological polar surface area (TPSA) is 24.5 Å². The Balaban J connectivity index is 2.06. The summed E-state index contributed by atoms with van der Waals surface area (Å²) in [6.07, 6.45) is 1.09. The molecule has 0 spiro atoms. The molecule has 0 aliphatic heterocycles. The third kappa shape index (κ3) is 8.37. The number of halogens is 1. The van der Waals surface area contributed by atoms with Crippen molar-refractivity contribution in [1.29, 1.82) is 0 Å². The largest absolute Gasteiger partial charge is 0.382 e. The maximum atomic E-state index is 5.30. The van der Waals surface area contributed by atoms with Gasteiger partial charge < -0.3 is 15.0 Å². The Morgan fingerprint density at radius 1 is 1.32 bits per heavy atom. The normalized spacial score (nSPS) is 11.2. The van der Waals surface area contributed by atoms with Crippen LogP contribution in [-0.2, 0) is 11.3 Å². The Bertz CT molecular complexity index is 347. The van der Waals surface area contributed by atoms with Crippen molar-refractivity contribution >= 4 is 15.9 Å². The summed E-state index contributed by atoms with van der Waals surface area (Å²) in [4.78, 5) is 2.33. The zero-order valence-electron chi connectivity index (χ0n) is 12.0. The van der Waals surface area contributed by atoms with Crippen molar-refractivity contribution in [2.24, 2.45) is 0 Å². The van der Waals surface area contributed by atoms with E-state index in [1.165, 1.54) is 5.56 Å². The van der Waals surface area contributed by atoms with Crippen molar-refractivity contribution in [3.63, 3.8) is 0 Å². The summed E-state index contributed by atoms with van der Waals surface area (Å²) in [5, 5.41) is 3.44. The first-order valence-corrected chi connectivity index (χ1v) is 7.73. The molecule has 0 saturated carbocycles. The molecule has 108 valence electrons. The van der Waals surface area contributed by atoms with Crippen LogP contribution in [0.4, 0.5) is 0 Å². The van der Waals surface area contributed by atoms with Gasteiger partial charge in [-0.15, -0.1) is 0 Å². The van der Waals surface area contributed by atoms with Crippen LogP contribution in [-0.4, -0.2) is 44.8 Å². The first kappa shape index (κ1) is 16.6. The monoisotopic (exact) mass is 328 g/mol. The van der Waals surface area contributed by atoms with E-state index in [4.69, 9.17) is 4.74 Å². The smallest absolute Gasteiger partial charge is 0.0477 e. The van der Waals surface area contributed by atoms with Crippen molar-refractivity contribution in [3.05, 3.63) is 34.3 Å². The number of rotatable bonds is 10. The fraction of sp³-hybridized carbons (Fsp3) is 0.600. The Hall–Kier alpha value is -0.420. The first-order valence-electron chi connectivity index (χ1n) is 6.94. The van der Waals surface area contributed by atoms with E-state index in [9.17, 15) is 0 Å². The average Bonchev–Trinajstić information content (AvgIpc) is 2.37. The van der Waals surface area contributed by atoms with Gasteiger partial charge in [-0.2, -0.15) is 0 Å². The number of ether oxygens (including phenoxy) is 1. The summed E-state index contributed by atoms with van der Waals surface area (Å²) < 4.78 is 6.44. The highest BCUT2D eigenvalue weighted by Crippen LogP contribution is 2.12. The molecule has 0 radical (unpaired) electrons. The number of likely N-dealkylation sites (N-methyl/N-ethyl adjacent to an activating group) is 1. The molecule has 0 unspecified atom stereocenters. The van der Waals surface area contributed by atoms with Crippen LogP contribution in [0.2, 0.25) is 0 Å². The molecule has 0 amide bonds. The van der Waals surface area contributed by atoms with Gasteiger partial charge in [0, 0.05) is 37.3 Å². The van der Waals surface area contributed by atoms with E-state index in [1.807, 2.05) is 6.92 Å². The quantitative estimate of drug-likeness (QED) is 0.668. The van der Waals surface area contributed by atoms with Gasteiger partial charge in [0.15, 0.2) is 0 Å². The molecule has 0 aromatic heterocycles. The van der Waals surface area contributed by atoms with E-state index in [-0.39, 0.29) is 0 Å². The van der Waals surface area contributed by atoms with Crippen LogP contribution in [0, 0.1) is 0 Å². The summed E-state index contributed by atoms with van der Waals surface area (Å²) in [6.45, 7) is 7.81. The molecule has 4 heteroatoms. The minimum absolute atomic E-state index is 0.815. The molecule has 1 aromatic rings. The number of hydrogen-bond donors (Lipinski definition) is 1. The van der Waals surface area contributed by atoms with Crippen molar-refractivity contribution < 1.29 is 4.74 Å². The first-order chi connectivity index (χ1) is 9.22. The van der Waals surface area contributed by atoms with Crippen LogP contribution in [0.25, 0.3) is 0 Å². The van der Waals surface area contributed by atoms with Crippen LogP contribution < -0.4 is 5.32 Å². The summed E-state index contributed by atoms with van der Waals surface area (Å²) in [6, 6.07) is 8.48. The van der Waals surface area contributed by atoms with Crippen molar-refractivity contribution in [2.75, 3.05) is 39.9 Å². The van der Waals surface area contributed by atoms with E-state index in [1.54, 1.807) is 0 Å². The molecule has 0 fully saturated rings. The Morgan fingerprint density at radius 2 is 2.16 bits per heavy atom. The molecule has 0 aliphatic rings. The lowest BCUT2D eigenvalue weighted by molar-refractivity contribution is 0.144. The zero-order valence-corrected chi connectivity index (χ0v) is 13.6. The minimum Gasteiger partial charge on any atom is -0.382 e. The average molecular weight is 329 g/mol. The Labute approximate surface area is 125 Å². The Morgan fingerprint density at radius 3 is 2.89 bits per heavy atom. The fourth-order valence-corrected chi connectivity index (χ4v) is 2.31. The highest BCUT2D eigenvalue weighted by atomic mass is 79.9. The predicted octanol–water partition coefficient (Wildman–Crippen LogP) is 2.90. The zero-order chi connectivity index (χ0) is 13.9. The molecule has 0 atom stereocenters. The second-order valence-electron chi connectivity index (χ2n) is 4.67. The van der Waals surface area contributed by atoms with Crippen molar-refractivity contribution in [2.45, 2.75) is 19.9 Å². The minimum atomic E-state index is 0.815. The van der Waals surface area contributed by atoms with Gasteiger partial charge in [0.1, 0.15) is 0 Å². The number of nitrogens with one attached hydrogen (secondary N) is 1. The van der Waals surface area contributed by atoms with E-state index < -0.39 is 0 Å². The maximum Gasteiger partial charge on any atom is 0.0477 e. The molecular formula is C15H25BrN2O. The predicted molar refractivity (Wildman–Crippen MR) is 84.5 cm³/mol. The summed E-state index contributed by atoms with van der Waals surface area (Å²) >= 11 is 3.50. The number of hydrogen-bond acceptors (Lipinski definition) is 3. The molecule has 1 N–H and O–H groups in total. The lowest BCUT2D eigenvalue weighted by atomic mass is 10.2. The third-order valence-corrected chi connectivity index (χ3v) is 3.35. The van der Waals surface area contributed by atoms with Crippen LogP contribution in [0.3, 0.4) is 0 Å². The van der Waals surface area contributed by atoms with Gasteiger partial charge in [0.05, 0.1) is 0 Å². The van der Waals surface area contributed by atoms with Gasteiger partial charge in [-0.3, -0.25) is 0 Å². The van der Waals surface area contributed by atoms with Crippen molar-refractivity contribution in [1.82, 2.24) is 10.2 Å². The van der Waals surface area contributed by atoms with Crippen LogP contribution in [0.5, 0.6) is 0 Å². The molecule has 1 aromatic carbocycles. The summed E-state index contributed by atoms with van der Waals surface area (Å²) in [7, 11) is 2.16. The molecule has 0 heterocycles. The van der Waals surface area contributed by atoms with E-state index in [2.05, 4.69) is 57.5 Å². The third-order valence-electron chi connectivity index (χ3n) is 2.86. The maximum absolute atomic E-state index is 5.30. The van der Waals surface area contributed by atoms with Gasteiger partial charge in [-0.1, -0.05) is 28.1 Å². The lowest BCUT2D eigenvalue weighted by Gasteiger charge is -2.17. The molecule has 0 aliphatic carbocycles. The summed E-state index contributed by atoms with van der Waals surface area (Å²) in [5.74, 6) is 0. The number of nitrogens with zero attached hydrogens (tertiary/aromatic N) is 1. The van der Waals surface area contributed by atoms with Gasteiger partial charge >= 0.3 is 0 Å². The molecule has 1 rings (SSSR count). The molecular weight excluding hydrogens is 304 g/mol. The lowest BCUT2D eigenvalue weighted by Crippen LogP contribution is -2.29. The van der Waals surface area contributed by atoms with Gasteiger partial charge in [0.25, 0.3) is 0 Å². The van der Waals surface area contributed by atoms with E-state index >= 15 is 0 Å². The second-order valence-corrected chi connectivity index (χ2v) is 5.58. The molecule has 0 bridgehead atoms. The second kappa shape index (κ2) is 10.4.